The topological polar surface area (TPSA) is 85.0 Å². The molecular formula is C11H11N3O2S. The minimum Gasteiger partial charge on any atom is -0.207 e. The van der Waals surface area contributed by atoms with E-state index in [4.69, 9.17) is 10.5 Å². The van der Waals surface area contributed by atoms with Gasteiger partial charge in [0.1, 0.15) is 12.6 Å². The third kappa shape index (κ3) is 2.62. The van der Waals surface area contributed by atoms with Crippen LogP contribution in [-0.4, -0.2) is 25.8 Å². The molecule has 17 heavy (non-hydrogen) atoms. The second kappa shape index (κ2) is 5.44. The molecule has 0 aliphatic carbocycles. The van der Waals surface area contributed by atoms with Crippen LogP contribution in [0.5, 0.6) is 0 Å². The molecule has 0 bridgehead atoms. The zero-order chi connectivity index (χ0) is 12.9. The summed E-state index contributed by atoms with van der Waals surface area (Å²) in [5.41, 5.74) is 0.0869. The van der Waals surface area contributed by atoms with Crippen LogP contribution in [0.1, 0.15) is 12.5 Å². The third-order valence-electron chi connectivity index (χ3n) is 2.23. The molecule has 0 aromatic heterocycles. The average Bonchev–Trinajstić information content (AvgIpc) is 2.35. The van der Waals surface area contributed by atoms with Crippen molar-refractivity contribution >= 4 is 10.0 Å². The highest BCUT2D eigenvalue weighted by Gasteiger charge is 2.25. The minimum atomic E-state index is -3.77. The Labute approximate surface area is 101 Å². The minimum absolute atomic E-state index is 0.0559. The molecule has 0 spiro atoms. The Balaban J connectivity index is 3.32. The van der Waals surface area contributed by atoms with Crippen molar-refractivity contribution in [3.05, 3.63) is 29.8 Å². The molecule has 88 valence electrons. The van der Waals surface area contributed by atoms with Gasteiger partial charge >= 0.3 is 0 Å². The highest BCUT2D eigenvalue weighted by Crippen LogP contribution is 2.19. The summed E-state index contributed by atoms with van der Waals surface area (Å²) in [5, 5.41) is 17.5. The molecule has 0 N–H and O–H groups in total. The zero-order valence-corrected chi connectivity index (χ0v) is 10.1. The molecule has 0 saturated heterocycles. The van der Waals surface area contributed by atoms with Crippen LogP contribution in [0.25, 0.3) is 0 Å². The van der Waals surface area contributed by atoms with Gasteiger partial charge in [-0.1, -0.05) is 19.1 Å². The van der Waals surface area contributed by atoms with Crippen molar-refractivity contribution in [3.63, 3.8) is 0 Å². The van der Waals surface area contributed by atoms with E-state index in [9.17, 15) is 8.42 Å². The van der Waals surface area contributed by atoms with Crippen LogP contribution in [0, 0.1) is 22.7 Å². The van der Waals surface area contributed by atoms with E-state index in [1.54, 1.807) is 25.1 Å². The van der Waals surface area contributed by atoms with Crippen LogP contribution in [0.15, 0.2) is 29.2 Å². The smallest absolute Gasteiger partial charge is 0.207 e. The fourth-order valence-electron chi connectivity index (χ4n) is 1.37. The molecule has 0 aliphatic rings. The van der Waals surface area contributed by atoms with Crippen LogP contribution in [-0.2, 0) is 10.0 Å². The van der Waals surface area contributed by atoms with Gasteiger partial charge in [0.2, 0.25) is 10.0 Å². The first-order chi connectivity index (χ1) is 8.07. The third-order valence-corrected chi connectivity index (χ3v) is 4.20. The van der Waals surface area contributed by atoms with E-state index in [1.807, 2.05) is 6.07 Å². The molecule has 0 saturated carbocycles. The second-order valence-corrected chi connectivity index (χ2v) is 5.10. The Bertz CT molecular complexity index is 581. The van der Waals surface area contributed by atoms with Gasteiger partial charge in [-0.2, -0.15) is 14.8 Å². The van der Waals surface area contributed by atoms with Crippen LogP contribution >= 0.6 is 0 Å². The quantitative estimate of drug-likeness (QED) is 0.747. The Morgan fingerprint density at radius 3 is 2.47 bits per heavy atom. The van der Waals surface area contributed by atoms with Gasteiger partial charge in [0, 0.05) is 6.54 Å². The molecule has 1 rings (SSSR count). The summed E-state index contributed by atoms with van der Waals surface area (Å²) < 4.78 is 25.3. The Hall–Kier alpha value is -1.89. The fraction of sp³-hybridized carbons (Fsp3) is 0.273. The molecule has 6 heteroatoms. The molecule has 0 radical (unpaired) electrons. The lowest BCUT2D eigenvalue weighted by molar-refractivity contribution is 0.462. The molecule has 1 aromatic carbocycles. The van der Waals surface area contributed by atoms with Crippen molar-refractivity contribution in [1.29, 1.82) is 10.5 Å². The van der Waals surface area contributed by atoms with Gasteiger partial charge in [-0.05, 0) is 12.1 Å². The van der Waals surface area contributed by atoms with Crippen LogP contribution < -0.4 is 0 Å². The number of nitrogens with zero attached hydrogens (tertiary/aromatic N) is 3. The first kappa shape index (κ1) is 13.2. The summed E-state index contributed by atoms with van der Waals surface area (Å²) in [4.78, 5) is -0.0559. The van der Waals surface area contributed by atoms with E-state index in [-0.39, 0.29) is 23.5 Å². The lowest BCUT2D eigenvalue weighted by atomic mass is 10.2. The van der Waals surface area contributed by atoms with Gasteiger partial charge in [-0.3, -0.25) is 0 Å². The van der Waals surface area contributed by atoms with E-state index in [0.29, 0.717) is 0 Å². The Morgan fingerprint density at radius 1 is 1.29 bits per heavy atom. The average molecular weight is 249 g/mol. The van der Waals surface area contributed by atoms with Crippen molar-refractivity contribution in [1.82, 2.24) is 4.31 Å². The van der Waals surface area contributed by atoms with Gasteiger partial charge in [0.25, 0.3) is 0 Å². The first-order valence-electron chi connectivity index (χ1n) is 4.94. The Morgan fingerprint density at radius 2 is 1.94 bits per heavy atom. The number of nitriles is 2. The number of sulfonamides is 1. The van der Waals surface area contributed by atoms with Gasteiger partial charge in [0.05, 0.1) is 16.5 Å². The first-order valence-corrected chi connectivity index (χ1v) is 6.38. The summed E-state index contributed by atoms with van der Waals surface area (Å²) in [6, 6.07) is 9.58. The predicted molar refractivity (Wildman–Crippen MR) is 61.2 cm³/mol. The van der Waals surface area contributed by atoms with Gasteiger partial charge < -0.3 is 0 Å². The van der Waals surface area contributed by atoms with Crippen molar-refractivity contribution in [3.8, 4) is 12.1 Å². The monoisotopic (exact) mass is 249 g/mol. The molecule has 0 heterocycles. The molecular weight excluding hydrogens is 238 g/mol. The van der Waals surface area contributed by atoms with Crippen LogP contribution in [0.3, 0.4) is 0 Å². The van der Waals surface area contributed by atoms with Gasteiger partial charge in [0.15, 0.2) is 0 Å². The largest absolute Gasteiger partial charge is 0.245 e. The molecule has 0 aliphatic heterocycles. The van der Waals surface area contributed by atoms with Crippen LogP contribution in [0.4, 0.5) is 0 Å². The summed E-state index contributed by atoms with van der Waals surface area (Å²) in [6.45, 7) is 1.61. The zero-order valence-electron chi connectivity index (χ0n) is 9.29. The number of rotatable bonds is 4. The fourth-order valence-corrected chi connectivity index (χ4v) is 2.86. The number of hydrogen-bond donors (Lipinski definition) is 0. The van der Waals surface area contributed by atoms with Crippen molar-refractivity contribution < 1.29 is 8.42 Å². The van der Waals surface area contributed by atoms with Crippen LogP contribution in [0.2, 0.25) is 0 Å². The molecule has 0 atom stereocenters. The van der Waals surface area contributed by atoms with Crippen molar-refractivity contribution in [2.45, 2.75) is 11.8 Å². The normalized spacial score (nSPS) is 10.8. The summed E-state index contributed by atoms with van der Waals surface area (Å²) >= 11 is 0. The standard InChI is InChI=1S/C11H11N3O2S/c1-2-14(8-7-12)17(15,16)11-6-4-3-5-10(11)9-13/h3-6H,2,8H2,1H3. The molecule has 0 unspecified atom stereocenters. The maximum atomic E-state index is 12.2. The number of benzene rings is 1. The van der Waals surface area contributed by atoms with E-state index in [0.717, 1.165) is 4.31 Å². The molecule has 0 fully saturated rings. The summed E-state index contributed by atoms with van der Waals surface area (Å²) in [6.07, 6.45) is 0. The number of hydrogen-bond acceptors (Lipinski definition) is 4. The summed E-state index contributed by atoms with van der Waals surface area (Å²) in [7, 11) is -3.77. The van der Waals surface area contributed by atoms with Gasteiger partial charge in [-0.25, -0.2) is 8.42 Å². The van der Waals surface area contributed by atoms with E-state index in [1.165, 1.54) is 12.1 Å². The van der Waals surface area contributed by atoms with E-state index in [2.05, 4.69) is 0 Å². The molecule has 1 aromatic rings. The predicted octanol–water partition coefficient (Wildman–Crippen LogP) is 1.09. The lowest BCUT2D eigenvalue weighted by Gasteiger charge is -2.17. The molecule has 5 nitrogen and oxygen atoms in total. The molecule has 0 amide bonds. The van der Waals surface area contributed by atoms with Crippen molar-refractivity contribution in [2.75, 3.05) is 13.1 Å². The Kier molecular flexibility index (Phi) is 4.22. The highest BCUT2D eigenvalue weighted by molar-refractivity contribution is 7.89. The van der Waals surface area contributed by atoms with E-state index < -0.39 is 10.0 Å². The maximum Gasteiger partial charge on any atom is 0.245 e. The SMILES string of the molecule is CCN(CC#N)S(=O)(=O)c1ccccc1C#N. The second-order valence-electron chi connectivity index (χ2n) is 3.20. The lowest BCUT2D eigenvalue weighted by Crippen LogP contribution is -2.31. The van der Waals surface area contributed by atoms with Crippen molar-refractivity contribution in [2.24, 2.45) is 0 Å². The maximum absolute atomic E-state index is 12.2. The summed E-state index contributed by atoms with van der Waals surface area (Å²) in [5.74, 6) is 0. The van der Waals surface area contributed by atoms with Gasteiger partial charge in [-0.15, -0.1) is 0 Å². The van der Waals surface area contributed by atoms with E-state index >= 15 is 0 Å². The highest BCUT2D eigenvalue weighted by atomic mass is 32.2.